The summed E-state index contributed by atoms with van der Waals surface area (Å²) in [6, 6.07) is 11.7. The maximum Gasteiger partial charge on any atom is 0.342 e. The highest BCUT2D eigenvalue weighted by atomic mass is 16.5. The van der Waals surface area contributed by atoms with Crippen LogP contribution >= 0.6 is 0 Å². The predicted octanol–water partition coefficient (Wildman–Crippen LogP) is 5.61. The van der Waals surface area contributed by atoms with Crippen molar-refractivity contribution in [1.82, 2.24) is 0 Å². The van der Waals surface area contributed by atoms with Crippen LogP contribution in [0.5, 0.6) is 5.75 Å². The maximum atomic E-state index is 12.2. The number of carbonyl (C=O) groups is 1. The molecule has 0 saturated carbocycles. The monoisotopic (exact) mass is 328 g/mol. The molecule has 0 atom stereocenters. The van der Waals surface area contributed by atoms with Gasteiger partial charge in [0.2, 0.25) is 0 Å². The Morgan fingerprint density at radius 2 is 1.75 bits per heavy atom. The van der Waals surface area contributed by atoms with E-state index in [-0.39, 0.29) is 5.97 Å². The number of esters is 1. The van der Waals surface area contributed by atoms with E-state index >= 15 is 0 Å². The number of benzene rings is 2. The Morgan fingerprint density at radius 1 is 1.00 bits per heavy atom. The second kappa shape index (κ2) is 9.31. The smallest absolute Gasteiger partial charge is 0.342 e. The molecule has 0 saturated heterocycles. The van der Waals surface area contributed by atoms with Crippen LogP contribution in [0.15, 0.2) is 36.4 Å². The van der Waals surface area contributed by atoms with E-state index in [1.165, 1.54) is 26.4 Å². The first kappa shape index (κ1) is 18.3. The summed E-state index contributed by atoms with van der Waals surface area (Å²) in [4.78, 5) is 12.2. The number of fused-ring (bicyclic) bond motifs is 1. The Labute approximate surface area is 145 Å². The van der Waals surface area contributed by atoms with Crippen molar-refractivity contribution < 1.29 is 14.3 Å². The van der Waals surface area contributed by atoms with E-state index in [4.69, 9.17) is 9.47 Å². The summed E-state index contributed by atoms with van der Waals surface area (Å²) in [6.07, 6.45) is 5.97. The van der Waals surface area contributed by atoms with E-state index in [0.717, 1.165) is 29.5 Å². The molecule has 0 bridgehead atoms. The average molecular weight is 328 g/mol. The van der Waals surface area contributed by atoms with E-state index < -0.39 is 0 Å². The molecule has 0 aliphatic heterocycles. The molecule has 0 heterocycles. The van der Waals surface area contributed by atoms with Crippen LogP contribution in [-0.2, 0) is 4.74 Å². The van der Waals surface area contributed by atoms with Gasteiger partial charge >= 0.3 is 5.97 Å². The van der Waals surface area contributed by atoms with Gasteiger partial charge in [0.15, 0.2) is 0 Å². The highest BCUT2D eigenvalue weighted by molar-refractivity contribution is 6.07. The molecule has 3 heteroatoms. The van der Waals surface area contributed by atoms with Gasteiger partial charge in [0, 0.05) is 0 Å². The second-order valence-electron chi connectivity index (χ2n) is 6.60. The van der Waals surface area contributed by atoms with Crippen molar-refractivity contribution in [2.24, 2.45) is 5.92 Å². The number of unbranched alkanes of at least 4 members (excludes halogenated alkanes) is 3. The van der Waals surface area contributed by atoms with Gasteiger partial charge in [0.05, 0.1) is 13.7 Å². The molecule has 0 spiro atoms. The first-order chi connectivity index (χ1) is 11.6. The molecular formula is C21H28O3. The van der Waals surface area contributed by atoms with Crippen LogP contribution in [0.3, 0.4) is 0 Å². The van der Waals surface area contributed by atoms with E-state index in [9.17, 15) is 4.79 Å². The lowest BCUT2D eigenvalue weighted by molar-refractivity contribution is 0.0598. The van der Waals surface area contributed by atoms with Gasteiger partial charge in [-0.1, -0.05) is 69.9 Å². The number of ether oxygens (including phenoxy) is 2. The fourth-order valence-electron chi connectivity index (χ4n) is 2.87. The van der Waals surface area contributed by atoms with Crippen molar-refractivity contribution in [2.75, 3.05) is 13.7 Å². The number of hydrogen-bond donors (Lipinski definition) is 0. The molecule has 24 heavy (non-hydrogen) atoms. The standard InChI is InChI=1S/C21H28O3/c1-16(2)10-6-4-5-9-15-24-19-14-13-17-11-7-8-12-18(17)20(19)21(22)23-3/h7-8,11-14,16H,4-6,9-10,15H2,1-3H3. The molecule has 3 nitrogen and oxygen atoms in total. The Morgan fingerprint density at radius 3 is 2.50 bits per heavy atom. The Bertz CT molecular complexity index is 661. The number of hydrogen-bond acceptors (Lipinski definition) is 3. The zero-order valence-corrected chi connectivity index (χ0v) is 15.0. The predicted molar refractivity (Wildman–Crippen MR) is 98.7 cm³/mol. The van der Waals surface area contributed by atoms with E-state index in [2.05, 4.69) is 13.8 Å². The summed E-state index contributed by atoms with van der Waals surface area (Å²) in [5.74, 6) is 1.04. The largest absolute Gasteiger partial charge is 0.493 e. The average Bonchev–Trinajstić information content (AvgIpc) is 2.59. The summed E-state index contributed by atoms with van der Waals surface area (Å²) in [6.45, 7) is 5.15. The van der Waals surface area contributed by atoms with E-state index in [1.807, 2.05) is 36.4 Å². The Balaban J connectivity index is 1.97. The third kappa shape index (κ3) is 4.98. The lowest BCUT2D eigenvalue weighted by Crippen LogP contribution is -2.07. The minimum absolute atomic E-state index is 0.348. The highest BCUT2D eigenvalue weighted by Crippen LogP contribution is 2.29. The van der Waals surface area contributed by atoms with Gasteiger partial charge in [-0.05, 0) is 29.2 Å². The molecule has 2 rings (SSSR count). The summed E-state index contributed by atoms with van der Waals surface area (Å²) in [7, 11) is 1.41. The van der Waals surface area contributed by atoms with Crippen LogP contribution in [0.4, 0.5) is 0 Å². The minimum atomic E-state index is -0.348. The summed E-state index contributed by atoms with van der Waals surface area (Å²) >= 11 is 0. The molecule has 0 unspecified atom stereocenters. The second-order valence-corrected chi connectivity index (χ2v) is 6.60. The first-order valence-electron chi connectivity index (χ1n) is 8.86. The summed E-state index contributed by atoms with van der Waals surface area (Å²) in [5, 5.41) is 1.89. The molecule has 0 aliphatic rings. The molecule has 0 N–H and O–H groups in total. The van der Waals surface area contributed by atoms with Gasteiger partial charge < -0.3 is 9.47 Å². The molecule has 0 fully saturated rings. The van der Waals surface area contributed by atoms with Crippen molar-refractivity contribution in [3.05, 3.63) is 42.0 Å². The Hall–Kier alpha value is -2.03. The van der Waals surface area contributed by atoms with Crippen molar-refractivity contribution in [3.8, 4) is 5.75 Å². The van der Waals surface area contributed by atoms with E-state index in [0.29, 0.717) is 17.9 Å². The van der Waals surface area contributed by atoms with Gasteiger partial charge in [-0.2, -0.15) is 0 Å². The molecule has 0 aromatic heterocycles. The van der Waals surface area contributed by atoms with Crippen LogP contribution < -0.4 is 4.74 Å². The highest BCUT2D eigenvalue weighted by Gasteiger charge is 2.17. The molecule has 0 radical (unpaired) electrons. The maximum absolute atomic E-state index is 12.2. The van der Waals surface area contributed by atoms with Crippen molar-refractivity contribution in [1.29, 1.82) is 0 Å². The molecular weight excluding hydrogens is 300 g/mol. The fourth-order valence-corrected chi connectivity index (χ4v) is 2.87. The summed E-state index contributed by atoms with van der Waals surface area (Å²) in [5.41, 5.74) is 0.524. The van der Waals surface area contributed by atoms with Gasteiger partial charge in [-0.15, -0.1) is 0 Å². The van der Waals surface area contributed by atoms with Crippen LogP contribution in [-0.4, -0.2) is 19.7 Å². The molecule has 0 aliphatic carbocycles. The molecule has 130 valence electrons. The van der Waals surface area contributed by atoms with Crippen LogP contribution in [0.25, 0.3) is 10.8 Å². The molecule has 2 aromatic carbocycles. The molecule has 0 amide bonds. The third-order valence-electron chi connectivity index (χ3n) is 4.21. The zero-order valence-electron chi connectivity index (χ0n) is 15.0. The van der Waals surface area contributed by atoms with E-state index in [1.54, 1.807) is 0 Å². The number of carbonyl (C=O) groups excluding carboxylic acids is 1. The third-order valence-corrected chi connectivity index (χ3v) is 4.21. The normalized spacial score (nSPS) is 11.0. The van der Waals surface area contributed by atoms with Crippen molar-refractivity contribution >= 4 is 16.7 Å². The number of rotatable bonds is 9. The minimum Gasteiger partial charge on any atom is -0.493 e. The van der Waals surface area contributed by atoms with Crippen molar-refractivity contribution in [3.63, 3.8) is 0 Å². The zero-order chi connectivity index (χ0) is 17.4. The quantitative estimate of drug-likeness (QED) is 0.443. The lowest BCUT2D eigenvalue weighted by Gasteiger charge is -2.13. The lowest BCUT2D eigenvalue weighted by atomic mass is 10.0. The van der Waals surface area contributed by atoms with Gasteiger partial charge in [-0.25, -0.2) is 4.79 Å². The van der Waals surface area contributed by atoms with Gasteiger partial charge in [0.1, 0.15) is 11.3 Å². The van der Waals surface area contributed by atoms with Crippen LogP contribution in [0.1, 0.15) is 56.3 Å². The van der Waals surface area contributed by atoms with Gasteiger partial charge in [-0.3, -0.25) is 0 Å². The number of methoxy groups -OCH3 is 1. The van der Waals surface area contributed by atoms with Gasteiger partial charge in [0.25, 0.3) is 0 Å². The first-order valence-corrected chi connectivity index (χ1v) is 8.86. The topological polar surface area (TPSA) is 35.5 Å². The molecule has 2 aromatic rings. The Kier molecular flexibility index (Phi) is 7.10. The summed E-state index contributed by atoms with van der Waals surface area (Å²) < 4.78 is 10.8. The van der Waals surface area contributed by atoms with Crippen molar-refractivity contribution in [2.45, 2.75) is 46.0 Å². The van der Waals surface area contributed by atoms with Crippen LogP contribution in [0.2, 0.25) is 0 Å². The SMILES string of the molecule is COC(=O)c1c(OCCCCCCC(C)C)ccc2ccccc12. The fraction of sp³-hybridized carbons (Fsp3) is 0.476. The van der Waals surface area contributed by atoms with Crippen LogP contribution in [0, 0.1) is 5.92 Å².